The van der Waals surface area contributed by atoms with Gasteiger partial charge in [-0.15, -0.1) is 0 Å². The van der Waals surface area contributed by atoms with Crippen LogP contribution < -0.4 is 4.74 Å². The lowest BCUT2D eigenvalue weighted by Crippen LogP contribution is -2.10. The van der Waals surface area contributed by atoms with Crippen molar-refractivity contribution in [1.29, 1.82) is 0 Å². The first-order valence-corrected chi connectivity index (χ1v) is 7.03. The number of nitro groups is 1. The number of esters is 1. The van der Waals surface area contributed by atoms with E-state index in [1.807, 2.05) is 0 Å². The van der Waals surface area contributed by atoms with Crippen LogP contribution in [0.4, 0.5) is 10.1 Å². The van der Waals surface area contributed by atoms with Crippen molar-refractivity contribution in [3.63, 3.8) is 0 Å². The molecule has 0 heterocycles. The average Bonchev–Trinajstić information content (AvgIpc) is 2.58. The molecule has 0 aliphatic heterocycles. The van der Waals surface area contributed by atoms with Gasteiger partial charge in [0.1, 0.15) is 13.2 Å². The first kappa shape index (κ1) is 17.1. The van der Waals surface area contributed by atoms with E-state index in [0.29, 0.717) is 5.56 Å². The molecule has 0 radical (unpaired) electrons. The molecule has 0 amide bonds. The van der Waals surface area contributed by atoms with Crippen LogP contribution >= 0.6 is 0 Å². The Kier molecular flexibility index (Phi) is 6.01. The molecule has 0 aliphatic rings. The fourth-order valence-corrected chi connectivity index (χ4v) is 1.86. The van der Waals surface area contributed by atoms with E-state index in [-0.39, 0.29) is 24.7 Å². The Morgan fingerprint density at radius 1 is 1.12 bits per heavy atom. The van der Waals surface area contributed by atoms with Gasteiger partial charge in [-0.05, 0) is 24.3 Å². The van der Waals surface area contributed by atoms with Crippen LogP contribution in [0.5, 0.6) is 5.75 Å². The van der Waals surface area contributed by atoms with Crippen molar-refractivity contribution in [3.05, 3.63) is 76.1 Å². The highest BCUT2D eigenvalue weighted by atomic mass is 19.1. The molecule has 0 atom stereocenters. The Bertz CT molecular complexity index is 760. The smallest absolute Gasteiger partial charge is 0.330 e. The normalized spacial score (nSPS) is 10.5. The summed E-state index contributed by atoms with van der Waals surface area (Å²) < 4.78 is 23.3. The predicted molar refractivity (Wildman–Crippen MR) is 85.0 cm³/mol. The molecule has 2 aromatic rings. The lowest BCUT2D eigenvalue weighted by molar-refractivity contribution is -0.385. The molecule has 0 bridgehead atoms. The average molecular weight is 331 g/mol. The zero-order valence-corrected chi connectivity index (χ0v) is 12.6. The third kappa shape index (κ3) is 4.91. The second kappa shape index (κ2) is 8.42. The van der Waals surface area contributed by atoms with Gasteiger partial charge in [-0.2, -0.15) is 0 Å². The van der Waals surface area contributed by atoms with E-state index in [2.05, 4.69) is 0 Å². The summed E-state index contributed by atoms with van der Waals surface area (Å²) in [7, 11) is 0. The number of hydrogen-bond acceptors (Lipinski definition) is 5. The van der Waals surface area contributed by atoms with Crippen molar-refractivity contribution in [2.75, 3.05) is 13.2 Å². The zero-order valence-electron chi connectivity index (χ0n) is 12.6. The summed E-state index contributed by atoms with van der Waals surface area (Å²) in [6.07, 6.45) is 2.39. The van der Waals surface area contributed by atoms with Crippen LogP contribution in [0.1, 0.15) is 5.56 Å². The van der Waals surface area contributed by atoms with Crippen LogP contribution in [-0.4, -0.2) is 24.1 Å². The molecule has 0 fully saturated rings. The summed E-state index contributed by atoms with van der Waals surface area (Å²) in [5.41, 5.74) is 0.187. The standard InChI is InChI=1S/C17H14FNO5/c18-14-6-2-4-8-16(14)23-11-12-24-17(20)10-9-13-5-1-3-7-15(13)19(21)22/h1-10H,11-12H2/b10-9+. The SMILES string of the molecule is O=C(/C=C/c1ccccc1[N+](=O)[O-])OCCOc1ccccc1F. The van der Waals surface area contributed by atoms with Crippen molar-refractivity contribution in [1.82, 2.24) is 0 Å². The summed E-state index contributed by atoms with van der Waals surface area (Å²) in [5, 5.41) is 10.8. The molecule has 6 nitrogen and oxygen atoms in total. The maximum absolute atomic E-state index is 13.3. The van der Waals surface area contributed by atoms with Gasteiger partial charge >= 0.3 is 5.97 Å². The van der Waals surface area contributed by atoms with E-state index in [9.17, 15) is 19.3 Å². The van der Waals surface area contributed by atoms with Crippen LogP contribution in [0.25, 0.3) is 6.08 Å². The summed E-state index contributed by atoms with van der Waals surface area (Å²) in [4.78, 5) is 21.9. The van der Waals surface area contributed by atoms with Crippen molar-refractivity contribution in [2.45, 2.75) is 0 Å². The predicted octanol–water partition coefficient (Wildman–Crippen LogP) is 3.37. The molecular weight excluding hydrogens is 317 g/mol. The summed E-state index contributed by atoms with van der Waals surface area (Å²) in [6.45, 7) is -0.0829. The Morgan fingerprint density at radius 3 is 2.58 bits per heavy atom. The van der Waals surface area contributed by atoms with E-state index in [1.54, 1.807) is 12.1 Å². The Hall–Kier alpha value is -3.22. The summed E-state index contributed by atoms with van der Waals surface area (Å²) >= 11 is 0. The highest BCUT2D eigenvalue weighted by Gasteiger charge is 2.10. The van der Waals surface area contributed by atoms with Crippen LogP contribution in [0.15, 0.2) is 54.6 Å². The van der Waals surface area contributed by atoms with Crippen molar-refractivity contribution >= 4 is 17.7 Å². The van der Waals surface area contributed by atoms with Gasteiger partial charge in [-0.25, -0.2) is 9.18 Å². The molecule has 124 valence electrons. The molecule has 0 saturated heterocycles. The van der Waals surface area contributed by atoms with Gasteiger partial charge in [-0.3, -0.25) is 10.1 Å². The second-order valence-electron chi connectivity index (χ2n) is 4.60. The topological polar surface area (TPSA) is 78.7 Å². The van der Waals surface area contributed by atoms with Gasteiger partial charge in [0, 0.05) is 12.1 Å². The monoisotopic (exact) mass is 331 g/mol. The number of carbonyl (C=O) groups is 1. The van der Waals surface area contributed by atoms with E-state index in [0.717, 1.165) is 6.08 Å². The number of hydrogen-bond donors (Lipinski definition) is 0. The van der Waals surface area contributed by atoms with E-state index in [4.69, 9.17) is 9.47 Å². The number of rotatable bonds is 7. The molecule has 0 aromatic heterocycles. The molecule has 0 saturated carbocycles. The molecule has 0 N–H and O–H groups in total. The zero-order chi connectivity index (χ0) is 17.4. The Labute approximate surface area is 137 Å². The third-order valence-corrected chi connectivity index (χ3v) is 2.95. The number of nitrogens with zero attached hydrogens (tertiary/aromatic N) is 1. The minimum Gasteiger partial charge on any atom is -0.487 e. The van der Waals surface area contributed by atoms with Crippen LogP contribution in [-0.2, 0) is 9.53 Å². The molecule has 7 heteroatoms. The summed E-state index contributed by atoms with van der Waals surface area (Å²) in [5.74, 6) is -1.10. The fraction of sp³-hybridized carbons (Fsp3) is 0.118. The van der Waals surface area contributed by atoms with E-state index in [1.165, 1.54) is 42.5 Å². The van der Waals surface area contributed by atoms with Gasteiger partial charge in [0.15, 0.2) is 11.6 Å². The van der Waals surface area contributed by atoms with Gasteiger partial charge in [0.2, 0.25) is 0 Å². The number of ether oxygens (including phenoxy) is 2. The Balaban J connectivity index is 1.81. The van der Waals surface area contributed by atoms with Crippen molar-refractivity contribution in [2.24, 2.45) is 0 Å². The second-order valence-corrected chi connectivity index (χ2v) is 4.60. The molecule has 0 aliphatic carbocycles. The van der Waals surface area contributed by atoms with Gasteiger partial charge < -0.3 is 9.47 Å². The first-order valence-electron chi connectivity index (χ1n) is 7.03. The molecule has 24 heavy (non-hydrogen) atoms. The maximum atomic E-state index is 13.3. The minimum atomic E-state index is -0.676. The number of benzene rings is 2. The molecular formula is C17H14FNO5. The number of halogens is 1. The summed E-state index contributed by atoms with van der Waals surface area (Å²) in [6, 6.07) is 11.9. The third-order valence-electron chi connectivity index (χ3n) is 2.95. The molecule has 2 rings (SSSR count). The van der Waals surface area contributed by atoms with Crippen LogP contribution in [0.2, 0.25) is 0 Å². The highest BCUT2D eigenvalue weighted by molar-refractivity contribution is 5.87. The number of carbonyl (C=O) groups excluding carboxylic acids is 1. The minimum absolute atomic E-state index is 0.00794. The Morgan fingerprint density at radius 2 is 1.83 bits per heavy atom. The molecule has 0 spiro atoms. The molecule has 0 unspecified atom stereocenters. The number of nitro benzene ring substituents is 1. The van der Waals surface area contributed by atoms with Crippen molar-refractivity contribution in [3.8, 4) is 5.75 Å². The lowest BCUT2D eigenvalue weighted by Gasteiger charge is -2.06. The lowest BCUT2D eigenvalue weighted by atomic mass is 10.1. The number of para-hydroxylation sites is 2. The van der Waals surface area contributed by atoms with E-state index >= 15 is 0 Å². The van der Waals surface area contributed by atoms with Gasteiger partial charge in [0.25, 0.3) is 5.69 Å². The highest BCUT2D eigenvalue weighted by Crippen LogP contribution is 2.19. The quantitative estimate of drug-likeness (QED) is 0.255. The van der Waals surface area contributed by atoms with Crippen molar-refractivity contribution < 1.29 is 23.6 Å². The first-order chi connectivity index (χ1) is 11.6. The van der Waals surface area contributed by atoms with Crippen LogP contribution in [0, 0.1) is 15.9 Å². The van der Waals surface area contributed by atoms with E-state index < -0.39 is 16.7 Å². The largest absolute Gasteiger partial charge is 0.487 e. The maximum Gasteiger partial charge on any atom is 0.330 e. The molecule has 2 aromatic carbocycles. The van der Waals surface area contributed by atoms with Gasteiger partial charge in [-0.1, -0.05) is 24.3 Å². The van der Waals surface area contributed by atoms with Gasteiger partial charge in [0.05, 0.1) is 10.5 Å². The van der Waals surface area contributed by atoms with Crippen LogP contribution in [0.3, 0.4) is 0 Å². The fourth-order valence-electron chi connectivity index (χ4n) is 1.86.